The molecular weight excluding hydrogens is 380 g/mol. The molecule has 0 amide bonds. The number of aromatic nitrogens is 2. The number of pyridine rings is 1. The van der Waals surface area contributed by atoms with Crippen molar-refractivity contribution in [3.05, 3.63) is 64.1 Å². The van der Waals surface area contributed by atoms with Crippen molar-refractivity contribution in [1.82, 2.24) is 9.97 Å². The van der Waals surface area contributed by atoms with Crippen LogP contribution < -0.4 is 0 Å². The number of ether oxygens (including phenoxy) is 1. The van der Waals surface area contributed by atoms with Crippen molar-refractivity contribution in [1.29, 1.82) is 0 Å². The Hall–Kier alpha value is -3.28. The molecule has 3 aromatic rings. The van der Waals surface area contributed by atoms with E-state index in [-0.39, 0.29) is 11.6 Å². The molecule has 0 spiro atoms. The average Bonchev–Trinajstić information content (AvgIpc) is 3.51. The number of aromatic amines is 1. The van der Waals surface area contributed by atoms with Crippen LogP contribution in [0.5, 0.6) is 0 Å². The summed E-state index contributed by atoms with van der Waals surface area (Å²) in [4.78, 5) is 45.4. The summed E-state index contributed by atoms with van der Waals surface area (Å²) in [5, 5.41) is 0.706. The summed E-state index contributed by atoms with van der Waals surface area (Å²) in [5.41, 5.74) is 4.08. The lowest BCUT2D eigenvalue weighted by atomic mass is 10.0. The Bertz CT molecular complexity index is 1190. The van der Waals surface area contributed by atoms with Gasteiger partial charge >= 0.3 is 5.97 Å². The van der Waals surface area contributed by atoms with Crippen LogP contribution in [0.3, 0.4) is 0 Å². The fourth-order valence-corrected chi connectivity index (χ4v) is 3.96. The minimum Gasteiger partial charge on any atom is -0.451 e. The number of carbonyl (C=O) groups excluding carboxylic acids is 3. The molecule has 2 heterocycles. The van der Waals surface area contributed by atoms with Crippen molar-refractivity contribution in [3.8, 4) is 0 Å². The highest BCUT2D eigenvalue weighted by atomic mass is 16.5. The molecule has 1 saturated carbocycles. The lowest BCUT2D eigenvalue weighted by molar-refractivity contribution is 0.0318. The van der Waals surface area contributed by atoms with E-state index in [1.165, 1.54) is 6.92 Å². The molecule has 1 aliphatic rings. The maximum atomic E-state index is 13.0. The SMILES string of the molecule is CC(=O)c1c(C)[nH]c(C(=O)[C@@H](C)OC(=O)c2cc(C3CC3)nc3ccccc23)c1C. The minimum absolute atomic E-state index is 0.110. The number of H-pyrrole nitrogens is 1. The van der Waals surface area contributed by atoms with Gasteiger partial charge < -0.3 is 9.72 Å². The van der Waals surface area contributed by atoms with Gasteiger partial charge in [0.25, 0.3) is 0 Å². The van der Waals surface area contributed by atoms with Gasteiger partial charge in [-0.1, -0.05) is 18.2 Å². The first kappa shape index (κ1) is 20.0. The van der Waals surface area contributed by atoms with Crippen molar-refractivity contribution in [2.75, 3.05) is 0 Å². The van der Waals surface area contributed by atoms with E-state index < -0.39 is 12.1 Å². The number of para-hydroxylation sites is 1. The first-order valence-electron chi connectivity index (χ1n) is 10.1. The smallest absolute Gasteiger partial charge is 0.339 e. The Kier molecular flexibility index (Phi) is 5.02. The number of aryl methyl sites for hydroxylation is 1. The molecule has 4 rings (SSSR count). The van der Waals surface area contributed by atoms with Crippen molar-refractivity contribution in [3.63, 3.8) is 0 Å². The summed E-state index contributed by atoms with van der Waals surface area (Å²) in [7, 11) is 0. The zero-order valence-electron chi connectivity index (χ0n) is 17.5. The molecule has 6 heteroatoms. The highest BCUT2D eigenvalue weighted by Gasteiger charge is 2.29. The normalized spacial score (nSPS) is 14.5. The van der Waals surface area contributed by atoms with E-state index >= 15 is 0 Å². The van der Waals surface area contributed by atoms with Crippen molar-refractivity contribution in [2.45, 2.75) is 52.6 Å². The largest absolute Gasteiger partial charge is 0.451 e. The van der Waals surface area contributed by atoms with Gasteiger partial charge in [0.05, 0.1) is 16.8 Å². The summed E-state index contributed by atoms with van der Waals surface area (Å²) in [6.07, 6.45) is 1.14. The van der Waals surface area contributed by atoms with Crippen LogP contribution in [0.15, 0.2) is 30.3 Å². The molecule has 0 unspecified atom stereocenters. The maximum Gasteiger partial charge on any atom is 0.339 e. The Labute approximate surface area is 174 Å². The molecule has 154 valence electrons. The van der Waals surface area contributed by atoms with Crippen LogP contribution >= 0.6 is 0 Å². The van der Waals surface area contributed by atoms with Gasteiger partial charge in [-0.25, -0.2) is 4.79 Å². The van der Waals surface area contributed by atoms with Gasteiger partial charge in [0.2, 0.25) is 5.78 Å². The number of benzene rings is 1. The Morgan fingerprint density at radius 2 is 1.87 bits per heavy atom. The van der Waals surface area contributed by atoms with E-state index in [9.17, 15) is 14.4 Å². The van der Waals surface area contributed by atoms with Crippen LogP contribution in [0.2, 0.25) is 0 Å². The standard InChI is InChI=1S/C24H24N2O4/c1-12-21(14(3)27)13(2)25-22(12)23(28)15(4)30-24(29)18-11-20(16-9-10-16)26-19-8-6-5-7-17(18)19/h5-8,11,15-16,25H,9-10H2,1-4H3/t15-/m1/s1. The third-order valence-corrected chi connectivity index (χ3v) is 5.64. The predicted molar refractivity (Wildman–Crippen MR) is 113 cm³/mol. The van der Waals surface area contributed by atoms with Crippen LogP contribution in [0.25, 0.3) is 10.9 Å². The topological polar surface area (TPSA) is 89.1 Å². The lowest BCUT2D eigenvalue weighted by Crippen LogP contribution is -2.25. The Morgan fingerprint density at radius 3 is 2.50 bits per heavy atom. The van der Waals surface area contributed by atoms with E-state index in [1.54, 1.807) is 26.8 Å². The summed E-state index contributed by atoms with van der Waals surface area (Å²) in [5.74, 6) is -0.642. The molecule has 1 fully saturated rings. The third kappa shape index (κ3) is 3.54. The van der Waals surface area contributed by atoms with Crippen LogP contribution in [-0.4, -0.2) is 33.6 Å². The number of rotatable bonds is 6. The third-order valence-electron chi connectivity index (χ3n) is 5.64. The van der Waals surface area contributed by atoms with Crippen LogP contribution in [0.1, 0.15) is 80.8 Å². The molecule has 0 aliphatic heterocycles. The Morgan fingerprint density at radius 1 is 1.17 bits per heavy atom. The van der Waals surface area contributed by atoms with Gasteiger partial charge in [-0.15, -0.1) is 0 Å². The number of hydrogen-bond acceptors (Lipinski definition) is 5. The zero-order valence-corrected chi connectivity index (χ0v) is 17.5. The fraction of sp³-hybridized carbons (Fsp3) is 0.333. The van der Waals surface area contributed by atoms with Gasteiger partial charge in [0.1, 0.15) is 0 Å². The van der Waals surface area contributed by atoms with Crippen LogP contribution in [0, 0.1) is 13.8 Å². The van der Waals surface area contributed by atoms with Crippen molar-refractivity contribution >= 4 is 28.4 Å². The molecular formula is C24H24N2O4. The van der Waals surface area contributed by atoms with Gasteiger partial charge in [0.15, 0.2) is 11.9 Å². The van der Waals surface area contributed by atoms with E-state index in [0.29, 0.717) is 39.4 Å². The second kappa shape index (κ2) is 7.52. The number of nitrogens with one attached hydrogen (secondary N) is 1. The number of fused-ring (bicyclic) bond motifs is 1. The number of carbonyl (C=O) groups is 3. The zero-order chi connectivity index (χ0) is 21.6. The molecule has 2 aromatic heterocycles. The molecule has 0 saturated heterocycles. The second-order valence-corrected chi connectivity index (χ2v) is 7.98. The highest BCUT2D eigenvalue weighted by Crippen LogP contribution is 2.40. The molecule has 6 nitrogen and oxygen atoms in total. The predicted octanol–water partition coefficient (Wildman–Crippen LogP) is 4.69. The maximum absolute atomic E-state index is 13.0. The van der Waals surface area contributed by atoms with E-state index in [0.717, 1.165) is 24.1 Å². The van der Waals surface area contributed by atoms with E-state index in [4.69, 9.17) is 4.74 Å². The summed E-state index contributed by atoms with van der Waals surface area (Å²) >= 11 is 0. The average molecular weight is 404 g/mol. The number of esters is 1. The van der Waals surface area contributed by atoms with Gasteiger partial charge in [-0.05, 0) is 58.2 Å². The number of Topliss-reactive ketones (excluding diaryl/α,β-unsaturated/α-hetero) is 2. The quantitative estimate of drug-likeness (QED) is 0.476. The van der Waals surface area contributed by atoms with Crippen LogP contribution in [-0.2, 0) is 4.74 Å². The highest BCUT2D eigenvalue weighted by molar-refractivity contribution is 6.07. The number of nitrogens with zero attached hydrogens (tertiary/aromatic N) is 1. The lowest BCUT2D eigenvalue weighted by Gasteiger charge is -2.14. The minimum atomic E-state index is -0.995. The van der Waals surface area contributed by atoms with E-state index in [2.05, 4.69) is 9.97 Å². The first-order valence-corrected chi connectivity index (χ1v) is 10.1. The van der Waals surface area contributed by atoms with Gasteiger partial charge in [-0.2, -0.15) is 0 Å². The molecule has 1 aromatic carbocycles. The van der Waals surface area contributed by atoms with Crippen LogP contribution in [0.4, 0.5) is 0 Å². The molecule has 1 atom stereocenters. The number of hydrogen-bond donors (Lipinski definition) is 1. The van der Waals surface area contributed by atoms with E-state index in [1.807, 2.05) is 24.3 Å². The Balaban J connectivity index is 1.62. The first-order chi connectivity index (χ1) is 14.3. The molecule has 0 radical (unpaired) electrons. The number of ketones is 2. The summed E-state index contributed by atoms with van der Waals surface area (Å²) in [6.45, 7) is 6.49. The molecule has 0 bridgehead atoms. The van der Waals surface area contributed by atoms with Gasteiger partial charge in [0, 0.05) is 28.3 Å². The second-order valence-electron chi connectivity index (χ2n) is 7.98. The van der Waals surface area contributed by atoms with Crippen molar-refractivity contribution < 1.29 is 19.1 Å². The molecule has 1 N–H and O–H groups in total. The molecule has 1 aliphatic carbocycles. The fourth-order valence-electron chi connectivity index (χ4n) is 3.96. The summed E-state index contributed by atoms with van der Waals surface area (Å²) < 4.78 is 5.56. The summed E-state index contributed by atoms with van der Waals surface area (Å²) in [6, 6.07) is 9.23. The van der Waals surface area contributed by atoms with Crippen molar-refractivity contribution in [2.24, 2.45) is 0 Å². The monoisotopic (exact) mass is 404 g/mol. The molecule has 30 heavy (non-hydrogen) atoms. The van der Waals surface area contributed by atoms with Gasteiger partial charge in [-0.3, -0.25) is 14.6 Å².